The van der Waals surface area contributed by atoms with Crippen LogP contribution < -0.4 is 0 Å². The van der Waals surface area contributed by atoms with Crippen molar-refractivity contribution >= 4 is 5.78 Å². The maximum Gasteiger partial charge on any atom is 0.155 e. The van der Waals surface area contributed by atoms with Gasteiger partial charge in [-0.05, 0) is 18.6 Å². The monoisotopic (exact) mass is 122 g/mol. The molecule has 0 rings (SSSR count). The molecule has 0 aliphatic heterocycles. The summed E-state index contributed by atoms with van der Waals surface area (Å²) in [7, 11) is 0. The maximum absolute atomic E-state index is 10.5. The number of carbonyl (C=O) groups excluding carboxylic acids is 1. The number of ketones is 1. The van der Waals surface area contributed by atoms with Crippen LogP contribution in [-0.4, -0.2) is 5.78 Å². The molecule has 0 radical (unpaired) electrons. The van der Waals surface area contributed by atoms with Gasteiger partial charge in [-0.1, -0.05) is 13.2 Å². The van der Waals surface area contributed by atoms with Crippen LogP contribution in [0.4, 0.5) is 0 Å². The second kappa shape index (κ2) is 3.88. The predicted octanol–water partition coefficient (Wildman–Crippen LogP) is 1.86. The largest absolute Gasteiger partial charge is 0.295 e. The zero-order valence-corrected chi connectivity index (χ0v) is 5.61. The molecule has 0 saturated carbocycles. The van der Waals surface area contributed by atoms with Crippen molar-refractivity contribution in [1.29, 1.82) is 0 Å². The Labute approximate surface area is 55.4 Å². The quantitative estimate of drug-likeness (QED) is 0.412. The lowest BCUT2D eigenvalue weighted by molar-refractivity contribution is -0.113. The lowest BCUT2D eigenvalue weighted by Crippen LogP contribution is -1.91. The molecule has 0 N–H and O–H groups in total. The summed E-state index contributed by atoms with van der Waals surface area (Å²) in [6.45, 7) is 8.40. The highest BCUT2D eigenvalue weighted by atomic mass is 16.1. The standard InChI is InChI=1S/C8H10O/c1-4-5-6-7(2)8(3)9/h5H,1-2,6H2,3H3. The summed E-state index contributed by atoms with van der Waals surface area (Å²) in [5, 5.41) is 0. The number of carbonyl (C=O) groups is 1. The average molecular weight is 122 g/mol. The first kappa shape index (κ1) is 7.93. The molecular weight excluding hydrogens is 112 g/mol. The van der Waals surface area contributed by atoms with Gasteiger partial charge in [0.25, 0.3) is 0 Å². The molecule has 9 heavy (non-hydrogen) atoms. The first-order valence-corrected chi connectivity index (χ1v) is 2.71. The smallest absolute Gasteiger partial charge is 0.155 e. The minimum absolute atomic E-state index is 0.0292. The van der Waals surface area contributed by atoms with E-state index in [2.05, 4.69) is 18.9 Å². The third kappa shape index (κ3) is 3.51. The van der Waals surface area contributed by atoms with E-state index in [-0.39, 0.29) is 5.78 Å². The topological polar surface area (TPSA) is 17.1 Å². The molecule has 0 atom stereocenters. The highest BCUT2D eigenvalue weighted by Crippen LogP contribution is 1.98. The third-order valence-electron chi connectivity index (χ3n) is 0.991. The van der Waals surface area contributed by atoms with E-state index < -0.39 is 0 Å². The van der Waals surface area contributed by atoms with Crippen LogP contribution in [0.15, 0.2) is 30.5 Å². The number of rotatable bonds is 3. The van der Waals surface area contributed by atoms with Crippen LogP contribution >= 0.6 is 0 Å². The molecule has 0 saturated heterocycles. The highest BCUT2D eigenvalue weighted by Gasteiger charge is 1.94. The van der Waals surface area contributed by atoms with Crippen LogP contribution in [0.5, 0.6) is 0 Å². The fraction of sp³-hybridized carbons (Fsp3) is 0.250. The summed E-state index contributed by atoms with van der Waals surface area (Å²) in [6.07, 6.45) is 2.25. The Morgan fingerprint density at radius 3 is 2.67 bits per heavy atom. The zero-order valence-electron chi connectivity index (χ0n) is 5.61. The Balaban J connectivity index is 3.78. The minimum atomic E-state index is 0.0292. The van der Waals surface area contributed by atoms with E-state index in [1.807, 2.05) is 0 Å². The number of allylic oxidation sites excluding steroid dienone is 2. The number of hydrogen-bond donors (Lipinski definition) is 0. The van der Waals surface area contributed by atoms with Gasteiger partial charge in [0.2, 0.25) is 0 Å². The van der Waals surface area contributed by atoms with E-state index in [9.17, 15) is 4.79 Å². The van der Waals surface area contributed by atoms with Crippen molar-refractivity contribution in [2.75, 3.05) is 0 Å². The molecule has 0 spiro atoms. The molecular formula is C8H10O. The average Bonchev–Trinajstić information content (AvgIpc) is 1.82. The van der Waals surface area contributed by atoms with E-state index in [0.717, 1.165) is 0 Å². The maximum atomic E-state index is 10.5. The SMILES string of the molecule is C=C=CCC(=C)C(C)=O. The molecule has 48 valence electrons. The van der Waals surface area contributed by atoms with Crippen molar-refractivity contribution in [3.63, 3.8) is 0 Å². The first-order valence-electron chi connectivity index (χ1n) is 2.71. The van der Waals surface area contributed by atoms with Crippen molar-refractivity contribution in [3.05, 3.63) is 30.5 Å². The van der Waals surface area contributed by atoms with Crippen molar-refractivity contribution in [2.45, 2.75) is 13.3 Å². The molecule has 0 bridgehead atoms. The van der Waals surface area contributed by atoms with Gasteiger partial charge in [0, 0.05) is 6.42 Å². The Kier molecular flexibility index (Phi) is 3.41. The van der Waals surface area contributed by atoms with Gasteiger partial charge in [-0.25, -0.2) is 0 Å². The summed E-state index contributed by atoms with van der Waals surface area (Å²) in [6, 6.07) is 0. The normalized spacial score (nSPS) is 7.67. The number of hydrogen-bond acceptors (Lipinski definition) is 1. The van der Waals surface area contributed by atoms with Crippen molar-refractivity contribution < 1.29 is 4.79 Å². The van der Waals surface area contributed by atoms with E-state index in [4.69, 9.17) is 0 Å². The lowest BCUT2D eigenvalue weighted by atomic mass is 10.1. The number of Topliss-reactive ketones (excluding diaryl/α,β-unsaturated/α-hetero) is 1. The summed E-state index contributed by atoms with van der Waals surface area (Å²) in [5.74, 6) is 0.0292. The molecule has 0 fully saturated rings. The minimum Gasteiger partial charge on any atom is -0.295 e. The highest BCUT2D eigenvalue weighted by molar-refractivity contribution is 5.92. The summed E-state index contributed by atoms with van der Waals surface area (Å²) < 4.78 is 0. The summed E-state index contributed by atoms with van der Waals surface area (Å²) in [4.78, 5) is 10.5. The second-order valence-electron chi connectivity index (χ2n) is 1.77. The third-order valence-corrected chi connectivity index (χ3v) is 0.991. The van der Waals surface area contributed by atoms with Crippen molar-refractivity contribution in [2.24, 2.45) is 0 Å². The molecule has 0 aromatic carbocycles. The molecule has 0 heterocycles. The van der Waals surface area contributed by atoms with E-state index in [1.54, 1.807) is 6.08 Å². The molecule has 0 aromatic heterocycles. The van der Waals surface area contributed by atoms with Crippen molar-refractivity contribution in [1.82, 2.24) is 0 Å². The van der Waals surface area contributed by atoms with Gasteiger partial charge in [0.15, 0.2) is 5.78 Å². The second-order valence-corrected chi connectivity index (χ2v) is 1.77. The van der Waals surface area contributed by atoms with Crippen LogP contribution in [0.1, 0.15) is 13.3 Å². The van der Waals surface area contributed by atoms with E-state index in [0.29, 0.717) is 12.0 Å². The van der Waals surface area contributed by atoms with Crippen LogP contribution in [0.2, 0.25) is 0 Å². The summed E-state index contributed by atoms with van der Waals surface area (Å²) in [5.41, 5.74) is 3.17. The van der Waals surface area contributed by atoms with Gasteiger partial charge in [0.05, 0.1) is 0 Å². The van der Waals surface area contributed by atoms with Crippen LogP contribution in [0, 0.1) is 0 Å². The van der Waals surface area contributed by atoms with Gasteiger partial charge < -0.3 is 0 Å². The van der Waals surface area contributed by atoms with Gasteiger partial charge in [-0.15, -0.1) is 5.73 Å². The van der Waals surface area contributed by atoms with Gasteiger partial charge in [-0.2, -0.15) is 0 Å². The molecule has 1 heteroatoms. The fourth-order valence-corrected chi connectivity index (χ4v) is 0.339. The predicted molar refractivity (Wildman–Crippen MR) is 38.1 cm³/mol. The summed E-state index contributed by atoms with van der Waals surface area (Å²) >= 11 is 0. The van der Waals surface area contributed by atoms with Gasteiger partial charge in [-0.3, -0.25) is 4.79 Å². The Hall–Kier alpha value is -1.07. The Bertz CT molecular complexity index is 171. The molecule has 0 aromatic rings. The van der Waals surface area contributed by atoms with Gasteiger partial charge in [0.1, 0.15) is 0 Å². The van der Waals surface area contributed by atoms with Crippen LogP contribution in [0.3, 0.4) is 0 Å². The zero-order chi connectivity index (χ0) is 7.28. The van der Waals surface area contributed by atoms with Crippen molar-refractivity contribution in [3.8, 4) is 0 Å². The fourth-order valence-electron chi connectivity index (χ4n) is 0.339. The van der Waals surface area contributed by atoms with E-state index in [1.165, 1.54) is 6.92 Å². The molecule has 0 unspecified atom stereocenters. The molecule has 1 nitrogen and oxygen atoms in total. The van der Waals surface area contributed by atoms with Crippen LogP contribution in [-0.2, 0) is 4.79 Å². The first-order chi connectivity index (χ1) is 4.18. The molecule has 0 aliphatic rings. The molecule has 0 amide bonds. The van der Waals surface area contributed by atoms with Gasteiger partial charge >= 0.3 is 0 Å². The van der Waals surface area contributed by atoms with Crippen LogP contribution in [0.25, 0.3) is 0 Å². The Morgan fingerprint density at radius 2 is 2.33 bits per heavy atom. The van der Waals surface area contributed by atoms with E-state index >= 15 is 0 Å². The lowest BCUT2D eigenvalue weighted by Gasteiger charge is -1.90. The molecule has 0 aliphatic carbocycles. The Morgan fingerprint density at radius 1 is 1.78 bits per heavy atom.